The van der Waals surface area contributed by atoms with E-state index in [0.29, 0.717) is 11.8 Å². The maximum atomic E-state index is 12.9. The predicted octanol–water partition coefficient (Wildman–Crippen LogP) is 3.38. The van der Waals surface area contributed by atoms with Crippen LogP contribution in [0.15, 0.2) is 47.8 Å². The van der Waals surface area contributed by atoms with Crippen LogP contribution in [0.3, 0.4) is 0 Å². The molecule has 2 aromatic rings. The average Bonchev–Trinajstić information content (AvgIpc) is 3.34. The molecule has 4 nitrogen and oxygen atoms in total. The molecule has 5 heteroatoms. The zero-order valence-electron chi connectivity index (χ0n) is 16.3. The Morgan fingerprint density at radius 1 is 1.26 bits per heavy atom. The largest absolute Gasteiger partial charge is 0.394 e. The van der Waals surface area contributed by atoms with Crippen LogP contribution >= 0.6 is 11.3 Å². The molecular weight excluding hydrogens is 356 g/mol. The average molecular weight is 387 g/mol. The third kappa shape index (κ3) is 4.78. The smallest absolute Gasteiger partial charge is 0.264 e. The summed E-state index contributed by atoms with van der Waals surface area (Å²) in [7, 11) is 2.15. The van der Waals surface area contributed by atoms with Crippen molar-refractivity contribution in [2.45, 2.75) is 25.8 Å². The number of likely N-dealkylation sites (N-methyl/N-ethyl adjacent to an activating group) is 1. The molecule has 1 aromatic heterocycles. The number of rotatable bonds is 8. The van der Waals surface area contributed by atoms with E-state index in [1.165, 1.54) is 16.9 Å². The summed E-state index contributed by atoms with van der Waals surface area (Å²) < 4.78 is 0. The number of nitrogens with zero attached hydrogens (tertiary/aromatic N) is 2. The van der Waals surface area contributed by atoms with Crippen LogP contribution in [0.1, 0.15) is 28.6 Å². The van der Waals surface area contributed by atoms with Crippen LogP contribution in [0, 0.1) is 11.8 Å². The summed E-state index contributed by atoms with van der Waals surface area (Å²) >= 11 is 1.48. The third-order valence-corrected chi connectivity index (χ3v) is 6.64. The van der Waals surface area contributed by atoms with Crippen molar-refractivity contribution in [1.82, 2.24) is 9.80 Å². The van der Waals surface area contributed by atoms with Crippen molar-refractivity contribution >= 4 is 17.2 Å². The van der Waals surface area contributed by atoms with Gasteiger partial charge in [0, 0.05) is 19.6 Å². The Hall–Kier alpha value is -1.69. The minimum Gasteiger partial charge on any atom is -0.394 e. The zero-order chi connectivity index (χ0) is 19.2. The Morgan fingerprint density at radius 3 is 2.67 bits per heavy atom. The number of amides is 1. The summed E-state index contributed by atoms with van der Waals surface area (Å²) in [6.45, 7) is 4.86. The van der Waals surface area contributed by atoms with Gasteiger partial charge < -0.3 is 14.9 Å². The molecule has 0 aliphatic carbocycles. The van der Waals surface area contributed by atoms with E-state index in [0.717, 1.165) is 37.4 Å². The first-order chi connectivity index (χ1) is 13.1. The molecule has 3 rings (SSSR count). The second-order valence-corrected chi connectivity index (χ2v) is 8.46. The van der Waals surface area contributed by atoms with Gasteiger partial charge in [-0.25, -0.2) is 0 Å². The summed E-state index contributed by atoms with van der Waals surface area (Å²) in [5, 5.41) is 12.0. The lowest BCUT2D eigenvalue weighted by atomic mass is 9.88. The van der Waals surface area contributed by atoms with Crippen molar-refractivity contribution in [2.75, 3.05) is 33.3 Å². The molecule has 3 atom stereocenters. The first kappa shape index (κ1) is 20.1. The van der Waals surface area contributed by atoms with Crippen LogP contribution in [0.5, 0.6) is 0 Å². The molecule has 27 heavy (non-hydrogen) atoms. The number of thiophene rings is 1. The topological polar surface area (TPSA) is 43.8 Å². The van der Waals surface area contributed by atoms with Crippen molar-refractivity contribution in [3.8, 4) is 0 Å². The van der Waals surface area contributed by atoms with Crippen molar-refractivity contribution < 1.29 is 9.90 Å². The molecule has 1 aliphatic rings. The Bertz CT molecular complexity index is 704. The maximum Gasteiger partial charge on any atom is 0.264 e. The Morgan fingerprint density at radius 2 is 2.04 bits per heavy atom. The van der Waals surface area contributed by atoms with E-state index in [4.69, 9.17) is 0 Å². The van der Waals surface area contributed by atoms with Gasteiger partial charge in [0.2, 0.25) is 0 Å². The molecule has 1 aliphatic heterocycles. The first-order valence-corrected chi connectivity index (χ1v) is 10.7. The highest BCUT2D eigenvalue weighted by molar-refractivity contribution is 7.12. The molecule has 1 N–H and O–H groups in total. The van der Waals surface area contributed by atoms with Crippen LogP contribution < -0.4 is 0 Å². The van der Waals surface area contributed by atoms with Crippen molar-refractivity contribution in [3.05, 3.63) is 58.3 Å². The minimum absolute atomic E-state index is 0.0325. The van der Waals surface area contributed by atoms with Crippen molar-refractivity contribution in [1.29, 1.82) is 0 Å². The fourth-order valence-corrected chi connectivity index (χ4v) is 4.88. The number of benzene rings is 1. The Kier molecular flexibility index (Phi) is 7.05. The number of hydrogen-bond acceptors (Lipinski definition) is 4. The number of carbonyl (C=O) groups excluding carboxylic acids is 1. The summed E-state index contributed by atoms with van der Waals surface area (Å²) in [5.74, 6) is 0.812. The van der Waals surface area contributed by atoms with E-state index in [-0.39, 0.29) is 18.6 Å². The number of aliphatic hydroxyl groups excluding tert-OH is 1. The number of hydrogen-bond donors (Lipinski definition) is 1. The lowest BCUT2D eigenvalue weighted by Gasteiger charge is -2.30. The molecule has 1 aromatic carbocycles. The summed E-state index contributed by atoms with van der Waals surface area (Å²) in [5.41, 5.74) is 1.34. The molecule has 1 fully saturated rings. The van der Waals surface area contributed by atoms with Crippen molar-refractivity contribution in [3.63, 3.8) is 0 Å². The number of likely N-dealkylation sites (tertiary alicyclic amines) is 1. The van der Waals surface area contributed by atoms with E-state index in [1.54, 1.807) is 0 Å². The van der Waals surface area contributed by atoms with Gasteiger partial charge in [0.15, 0.2) is 0 Å². The minimum atomic E-state index is -0.0938. The normalized spacial score (nSPS) is 22.5. The van der Waals surface area contributed by atoms with E-state index in [2.05, 4.69) is 43.1 Å². The van der Waals surface area contributed by atoms with Gasteiger partial charge in [-0.2, -0.15) is 0 Å². The van der Waals surface area contributed by atoms with E-state index in [1.807, 2.05) is 28.5 Å². The van der Waals surface area contributed by atoms with Gasteiger partial charge in [-0.1, -0.05) is 49.7 Å². The molecule has 0 bridgehead atoms. The molecule has 0 saturated carbocycles. The SMILES string of the molecule is CC[C@@H]1CN(C(=O)c2cccs2)[C@H](CO)[C@@H]1CN(C)CCc1ccccc1. The lowest BCUT2D eigenvalue weighted by Crippen LogP contribution is -2.43. The quantitative estimate of drug-likeness (QED) is 0.756. The molecule has 2 heterocycles. The van der Waals surface area contributed by atoms with Gasteiger partial charge in [0.25, 0.3) is 5.91 Å². The number of carbonyl (C=O) groups is 1. The van der Waals surface area contributed by atoms with E-state index < -0.39 is 0 Å². The standard InChI is InChI=1S/C22H30N2O2S/c1-3-18-14-24(22(26)21-10-7-13-27-21)20(16-25)19(18)15-23(2)12-11-17-8-5-4-6-9-17/h4-10,13,18-20,25H,3,11-12,14-16H2,1-2H3/t18-,19-,20-/m1/s1. The number of aliphatic hydroxyl groups is 1. The second-order valence-electron chi connectivity index (χ2n) is 7.51. The fourth-order valence-electron chi connectivity index (χ4n) is 4.20. The molecule has 146 valence electrons. The monoisotopic (exact) mass is 386 g/mol. The summed E-state index contributed by atoms with van der Waals surface area (Å²) in [6.07, 6.45) is 2.05. The molecule has 0 radical (unpaired) electrons. The molecular formula is C22H30N2O2S. The molecule has 0 spiro atoms. The van der Waals surface area contributed by atoms with Crippen LogP contribution in [0.25, 0.3) is 0 Å². The highest BCUT2D eigenvalue weighted by Crippen LogP contribution is 2.34. The van der Waals surface area contributed by atoms with Gasteiger partial charge >= 0.3 is 0 Å². The molecule has 0 unspecified atom stereocenters. The zero-order valence-corrected chi connectivity index (χ0v) is 17.1. The fraction of sp³-hybridized carbons (Fsp3) is 0.500. The Balaban J connectivity index is 1.64. The molecule has 1 saturated heterocycles. The van der Waals surface area contributed by atoms with Crippen LogP contribution in [0.2, 0.25) is 0 Å². The lowest BCUT2D eigenvalue weighted by molar-refractivity contribution is 0.0628. The first-order valence-electron chi connectivity index (χ1n) is 9.81. The van der Waals surface area contributed by atoms with Crippen LogP contribution in [-0.2, 0) is 6.42 Å². The van der Waals surface area contributed by atoms with Crippen LogP contribution in [-0.4, -0.2) is 60.1 Å². The summed E-state index contributed by atoms with van der Waals surface area (Å²) in [6, 6.07) is 14.2. The highest BCUT2D eigenvalue weighted by atomic mass is 32.1. The van der Waals surface area contributed by atoms with Gasteiger partial charge in [-0.3, -0.25) is 4.79 Å². The van der Waals surface area contributed by atoms with E-state index in [9.17, 15) is 9.90 Å². The van der Waals surface area contributed by atoms with Crippen LogP contribution in [0.4, 0.5) is 0 Å². The van der Waals surface area contributed by atoms with Gasteiger partial charge in [0.05, 0.1) is 17.5 Å². The Labute approximate surface area is 166 Å². The highest BCUT2D eigenvalue weighted by Gasteiger charge is 2.43. The van der Waals surface area contributed by atoms with E-state index >= 15 is 0 Å². The summed E-state index contributed by atoms with van der Waals surface area (Å²) in [4.78, 5) is 17.9. The maximum absolute atomic E-state index is 12.9. The second kappa shape index (κ2) is 9.49. The van der Waals surface area contributed by atoms with Gasteiger partial charge in [-0.15, -0.1) is 11.3 Å². The van der Waals surface area contributed by atoms with Crippen molar-refractivity contribution in [2.24, 2.45) is 11.8 Å². The predicted molar refractivity (Wildman–Crippen MR) is 111 cm³/mol. The van der Waals surface area contributed by atoms with Gasteiger partial charge in [0.1, 0.15) is 0 Å². The third-order valence-electron chi connectivity index (χ3n) is 5.78. The molecule has 1 amide bonds. The van der Waals surface area contributed by atoms with Gasteiger partial charge in [-0.05, 0) is 42.3 Å².